The van der Waals surface area contributed by atoms with Gasteiger partial charge in [-0.2, -0.15) is 4.98 Å². The number of aromatic nitrogens is 3. The number of nitrogens with zero attached hydrogens (tertiary/aromatic N) is 4. The van der Waals surface area contributed by atoms with Crippen LogP contribution < -0.4 is 10.6 Å². The molecule has 2 aromatic heterocycles. The fourth-order valence-corrected chi connectivity index (χ4v) is 2.90. The highest BCUT2D eigenvalue weighted by Gasteiger charge is 2.20. The Morgan fingerprint density at radius 2 is 2.00 bits per heavy atom. The van der Waals surface area contributed by atoms with E-state index in [1.54, 1.807) is 0 Å². The van der Waals surface area contributed by atoms with E-state index in [-0.39, 0.29) is 0 Å². The SMILES string of the molecule is Cc1nc(N)sc1-c1nc(N2CCCCC2)no1. The Balaban J connectivity index is 1.86. The van der Waals surface area contributed by atoms with Gasteiger partial charge in [0.2, 0.25) is 0 Å². The summed E-state index contributed by atoms with van der Waals surface area (Å²) in [6.45, 7) is 3.90. The molecule has 2 N–H and O–H groups in total. The first kappa shape index (κ1) is 11.5. The molecule has 0 bridgehead atoms. The molecule has 0 spiro atoms. The number of hydrogen-bond acceptors (Lipinski definition) is 7. The number of thiazole rings is 1. The molecule has 7 heteroatoms. The summed E-state index contributed by atoms with van der Waals surface area (Å²) in [5.74, 6) is 1.19. The molecule has 1 aliphatic heterocycles. The zero-order valence-corrected chi connectivity index (χ0v) is 11.0. The van der Waals surface area contributed by atoms with Gasteiger partial charge in [-0.1, -0.05) is 11.3 Å². The van der Waals surface area contributed by atoms with Crippen LogP contribution in [0.4, 0.5) is 11.1 Å². The summed E-state index contributed by atoms with van der Waals surface area (Å²) in [5.41, 5.74) is 6.51. The van der Waals surface area contributed by atoms with E-state index in [9.17, 15) is 0 Å². The van der Waals surface area contributed by atoms with Gasteiger partial charge in [0.1, 0.15) is 4.88 Å². The Labute approximate surface area is 109 Å². The van der Waals surface area contributed by atoms with Crippen LogP contribution in [0.25, 0.3) is 10.8 Å². The minimum atomic E-state index is 0.516. The van der Waals surface area contributed by atoms with Crippen LogP contribution in [0.5, 0.6) is 0 Å². The molecule has 0 unspecified atom stereocenters. The fourth-order valence-electron chi connectivity index (χ4n) is 2.15. The zero-order valence-electron chi connectivity index (χ0n) is 10.2. The van der Waals surface area contributed by atoms with Gasteiger partial charge in [0, 0.05) is 13.1 Å². The fraction of sp³-hybridized carbons (Fsp3) is 0.545. The van der Waals surface area contributed by atoms with Crippen LogP contribution in [0.1, 0.15) is 25.0 Å². The molecule has 3 rings (SSSR count). The molecular weight excluding hydrogens is 250 g/mol. The van der Waals surface area contributed by atoms with Crippen molar-refractivity contribution in [1.29, 1.82) is 0 Å². The van der Waals surface area contributed by atoms with Crippen molar-refractivity contribution in [2.75, 3.05) is 23.7 Å². The topological polar surface area (TPSA) is 81.1 Å². The maximum atomic E-state index is 5.67. The molecule has 1 saturated heterocycles. The van der Waals surface area contributed by atoms with Gasteiger partial charge < -0.3 is 15.2 Å². The van der Waals surface area contributed by atoms with E-state index in [1.807, 2.05) is 6.92 Å². The van der Waals surface area contributed by atoms with Gasteiger partial charge in [0.05, 0.1) is 5.69 Å². The molecule has 18 heavy (non-hydrogen) atoms. The van der Waals surface area contributed by atoms with Crippen molar-refractivity contribution in [1.82, 2.24) is 15.1 Å². The third kappa shape index (κ3) is 2.05. The molecule has 2 aromatic rings. The quantitative estimate of drug-likeness (QED) is 0.895. The first-order valence-corrected chi connectivity index (χ1v) is 6.87. The molecule has 96 valence electrons. The van der Waals surface area contributed by atoms with Crippen LogP contribution in [0.15, 0.2) is 4.52 Å². The number of piperidine rings is 1. The van der Waals surface area contributed by atoms with E-state index >= 15 is 0 Å². The van der Waals surface area contributed by atoms with Crippen LogP contribution >= 0.6 is 11.3 Å². The Hall–Kier alpha value is -1.63. The molecule has 1 aliphatic rings. The second kappa shape index (κ2) is 4.56. The van der Waals surface area contributed by atoms with Crippen LogP contribution in [-0.2, 0) is 0 Å². The number of anilines is 2. The van der Waals surface area contributed by atoms with E-state index in [4.69, 9.17) is 10.3 Å². The number of rotatable bonds is 2. The van der Waals surface area contributed by atoms with Gasteiger partial charge >= 0.3 is 0 Å². The van der Waals surface area contributed by atoms with Gasteiger partial charge in [-0.3, -0.25) is 0 Å². The number of hydrogen-bond donors (Lipinski definition) is 1. The number of aryl methyl sites for hydroxylation is 1. The Morgan fingerprint density at radius 3 is 2.67 bits per heavy atom. The van der Waals surface area contributed by atoms with Crippen molar-refractivity contribution in [2.45, 2.75) is 26.2 Å². The molecule has 0 radical (unpaired) electrons. The maximum Gasteiger partial charge on any atom is 0.271 e. The van der Waals surface area contributed by atoms with Crippen LogP contribution in [0.2, 0.25) is 0 Å². The lowest BCUT2D eigenvalue weighted by Gasteiger charge is -2.24. The lowest BCUT2D eigenvalue weighted by molar-refractivity contribution is 0.427. The molecule has 0 aliphatic carbocycles. The summed E-state index contributed by atoms with van der Waals surface area (Å²) in [7, 11) is 0. The molecular formula is C11H15N5OS. The lowest BCUT2D eigenvalue weighted by atomic mass is 10.1. The number of nitrogens with two attached hydrogens (primary N) is 1. The summed E-state index contributed by atoms with van der Waals surface area (Å²) >= 11 is 1.38. The molecule has 6 nitrogen and oxygen atoms in total. The van der Waals surface area contributed by atoms with Crippen molar-refractivity contribution in [3.05, 3.63) is 5.69 Å². The van der Waals surface area contributed by atoms with Gasteiger partial charge in [-0.15, -0.1) is 0 Å². The van der Waals surface area contributed by atoms with Crippen LogP contribution in [-0.4, -0.2) is 28.2 Å². The summed E-state index contributed by atoms with van der Waals surface area (Å²) in [5, 5.41) is 4.57. The monoisotopic (exact) mass is 265 g/mol. The van der Waals surface area contributed by atoms with Crippen molar-refractivity contribution in [3.63, 3.8) is 0 Å². The van der Waals surface area contributed by atoms with Crippen LogP contribution in [0, 0.1) is 6.92 Å². The predicted octanol–water partition coefficient (Wildman–Crippen LogP) is 2.07. The maximum absolute atomic E-state index is 5.67. The summed E-state index contributed by atoms with van der Waals surface area (Å²) < 4.78 is 5.31. The zero-order chi connectivity index (χ0) is 12.5. The van der Waals surface area contributed by atoms with Crippen LogP contribution in [0.3, 0.4) is 0 Å². The highest BCUT2D eigenvalue weighted by molar-refractivity contribution is 7.18. The minimum absolute atomic E-state index is 0.516. The van der Waals surface area contributed by atoms with Crippen molar-refractivity contribution in [3.8, 4) is 10.8 Å². The normalized spacial score (nSPS) is 16.2. The molecule has 0 amide bonds. The van der Waals surface area contributed by atoms with E-state index in [2.05, 4.69) is 20.0 Å². The lowest BCUT2D eigenvalue weighted by Crippen LogP contribution is -2.30. The van der Waals surface area contributed by atoms with E-state index < -0.39 is 0 Å². The second-order valence-corrected chi connectivity index (χ2v) is 5.44. The smallest absolute Gasteiger partial charge is 0.271 e. The molecule has 3 heterocycles. The second-order valence-electron chi connectivity index (χ2n) is 4.41. The van der Waals surface area contributed by atoms with E-state index in [0.717, 1.165) is 23.7 Å². The summed E-state index contributed by atoms with van der Waals surface area (Å²) in [4.78, 5) is 11.6. The minimum Gasteiger partial charge on any atom is -0.375 e. The van der Waals surface area contributed by atoms with E-state index in [1.165, 1.54) is 30.6 Å². The van der Waals surface area contributed by atoms with Gasteiger partial charge in [0.15, 0.2) is 5.13 Å². The molecule has 0 atom stereocenters. The van der Waals surface area contributed by atoms with Crippen molar-refractivity contribution < 1.29 is 4.52 Å². The standard InChI is InChI=1S/C11H15N5OS/c1-7-8(18-10(12)13-7)9-14-11(15-17-9)16-5-3-2-4-6-16/h2-6H2,1H3,(H2,12,13). The highest BCUT2D eigenvalue weighted by Crippen LogP contribution is 2.31. The number of nitrogen functional groups attached to an aromatic ring is 1. The Kier molecular flexibility index (Phi) is 2.91. The largest absolute Gasteiger partial charge is 0.375 e. The van der Waals surface area contributed by atoms with Crippen molar-refractivity contribution in [2.24, 2.45) is 0 Å². The first-order chi connectivity index (χ1) is 8.74. The average Bonchev–Trinajstić information content (AvgIpc) is 2.97. The Bertz CT molecular complexity index is 543. The third-order valence-corrected chi connectivity index (χ3v) is 4.04. The predicted molar refractivity (Wildman–Crippen MR) is 70.6 cm³/mol. The highest BCUT2D eigenvalue weighted by atomic mass is 32.1. The van der Waals surface area contributed by atoms with Gasteiger partial charge in [-0.25, -0.2) is 4.98 Å². The summed E-state index contributed by atoms with van der Waals surface area (Å²) in [6, 6.07) is 0. The molecule has 0 saturated carbocycles. The van der Waals surface area contributed by atoms with Gasteiger partial charge in [0.25, 0.3) is 11.8 Å². The molecule has 0 aromatic carbocycles. The molecule has 1 fully saturated rings. The Morgan fingerprint density at radius 1 is 1.22 bits per heavy atom. The van der Waals surface area contributed by atoms with Gasteiger partial charge in [-0.05, 0) is 31.3 Å². The van der Waals surface area contributed by atoms with E-state index in [0.29, 0.717) is 17.0 Å². The average molecular weight is 265 g/mol. The summed E-state index contributed by atoms with van der Waals surface area (Å²) in [6.07, 6.45) is 3.67. The first-order valence-electron chi connectivity index (χ1n) is 6.06. The third-order valence-electron chi connectivity index (χ3n) is 3.06. The van der Waals surface area contributed by atoms with Crippen molar-refractivity contribution >= 4 is 22.4 Å².